The number of hydrazone groups is 1. The Hall–Kier alpha value is -4.05. The number of amides is 1. The van der Waals surface area contributed by atoms with Gasteiger partial charge in [-0.15, -0.1) is 0 Å². The van der Waals surface area contributed by atoms with E-state index in [9.17, 15) is 27.1 Å². The minimum atomic E-state index is -2.15. The molecular weight excluding hydrogens is 572 g/mol. The highest BCUT2D eigenvalue weighted by Crippen LogP contribution is 2.25. The smallest absolute Gasteiger partial charge is 0.280 e. The number of aromatic nitrogens is 2. The van der Waals surface area contributed by atoms with Crippen molar-refractivity contribution in [1.82, 2.24) is 9.78 Å². The van der Waals surface area contributed by atoms with Crippen molar-refractivity contribution < 1.29 is 32.1 Å². The van der Waals surface area contributed by atoms with E-state index in [1.54, 1.807) is 56.4 Å². The molecule has 0 bridgehead atoms. The van der Waals surface area contributed by atoms with Gasteiger partial charge in [0.1, 0.15) is 12.3 Å². The number of nitrogens with one attached hydrogen (secondary N) is 1. The maximum absolute atomic E-state index is 13.1. The van der Waals surface area contributed by atoms with Crippen LogP contribution in [0.3, 0.4) is 0 Å². The van der Waals surface area contributed by atoms with Gasteiger partial charge in [-0.05, 0) is 74.5 Å². The van der Waals surface area contributed by atoms with Crippen molar-refractivity contribution in [3.05, 3.63) is 100 Å². The molecule has 3 N–H and O–H groups in total. The number of anilines is 1. The second-order valence-corrected chi connectivity index (χ2v) is 10.4. The largest absolute Gasteiger partial charge is 0.302 e. The van der Waals surface area contributed by atoms with Gasteiger partial charge in [-0.25, -0.2) is 22.9 Å². The van der Waals surface area contributed by atoms with Crippen LogP contribution in [-0.4, -0.2) is 52.1 Å². The highest BCUT2D eigenvalue weighted by atomic mass is 32.2. The predicted octanol–water partition coefficient (Wildman–Crippen LogP) is 3.50. The number of aryl methyl sites for hydroxylation is 1. The average molecular weight is 599 g/mol. The van der Waals surface area contributed by atoms with Gasteiger partial charge in [-0.3, -0.25) is 14.7 Å². The SMILES string of the molecule is CCOOCC1=NN(c2ccc(S(=O)O)cc2)C(=O)/C1=C\C=CC=Cc1c(C)[nH]n(-c2ccc(S(=O)O)cc2)c1=O. The van der Waals surface area contributed by atoms with E-state index in [1.807, 2.05) is 0 Å². The third kappa shape index (κ3) is 7.00. The van der Waals surface area contributed by atoms with E-state index in [0.717, 1.165) is 0 Å². The van der Waals surface area contributed by atoms with Crippen molar-refractivity contribution in [3.63, 3.8) is 0 Å². The first-order valence-corrected chi connectivity index (χ1v) is 14.4. The van der Waals surface area contributed by atoms with Crippen LogP contribution in [0.4, 0.5) is 5.69 Å². The lowest BCUT2D eigenvalue weighted by Gasteiger charge is -2.11. The van der Waals surface area contributed by atoms with E-state index in [2.05, 4.69) is 10.2 Å². The molecule has 12 nitrogen and oxygen atoms in total. The number of carbonyl (C=O) groups excluding carboxylic acids is 1. The molecule has 2 aromatic carbocycles. The summed E-state index contributed by atoms with van der Waals surface area (Å²) in [6.07, 6.45) is 8.11. The van der Waals surface area contributed by atoms with Crippen LogP contribution in [-0.2, 0) is 36.7 Å². The number of allylic oxidation sites excluding steroid dienone is 4. The topological polar surface area (TPSA) is 164 Å². The van der Waals surface area contributed by atoms with Gasteiger partial charge in [0, 0.05) is 5.69 Å². The van der Waals surface area contributed by atoms with Crippen molar-refractivity contribution in [2.75, 3.05) is 18.2 Å². The van der Waals surface area contributed by atoms with Gasteiger partial charge < -0.3 is 9.11 Å². The van der Waals surface area contributed by atoms with Crippen LogP contribution in [0.1, 0.15) is 18.2 Å². The molecule has 0 radical (unpaired) electrons. The molecule has 4 rings (SSSR count). The number of benzene rings is 2. The molecule has 2 unspecified atom stereocenters. The molecule has 0 fully saturated rings. The molecule has 1 aliphatic rings. The molecule has 1 amide bonds. The molecule has 0 aliphatic carbocycles. The molecule has 3 aromatic rings. The number of H-pyrrole nitrogens is 1. The minimum absolute atomic E-state index is 0.0817. The summed E-state index contributed by atoms with van der Waals surface area (Å²) >= 11 is -4.26. The Kier molecular flexibility index (Phi) is 9.88. The normalized spacial score (nSPS) is 16.3. The average Bonchev–Trinajstić information content (AvgIpc) is 3.43. The van der Waals surface area contributed by atoms with E-state index in [-0.39, 0.29) is 27.5 Å². The Balaban J connectivity index is 1.52. The molecule has 14 heteroatoms. The molecule has 0 spiro atoms. The standard InChI is InChI=1S/C27H26N4O8S2/c1-3-38-39-17-25-24(27(33)31(29-25)20-11-15-22(16-12-20)41(36)37)8-6-4-5-7-23-18(2)28-30(26(23)32)19-9-13-21(14-10-19)40(34)35/h4-16,28H,3,17H2,1-2H3,(H,34,35)(H,36,37)/b6-4?,7-5?,24-8-. The van der Waals surface area contributed by atoms with Gasteiger partial charge >= 0.3 is 0 Å². The van der Waals surface area contributed by atoms with Crippen LogP contribution >= 0.6 is 0 Å². The summed E-state index contributed by atoms with van der Waals surface area (Å²) in [5.41, 5.74) is 2.24. The van der Waals surface area contributed by atoms with E-state index in [0.29, 0.717) is 35.0 Å². The lowest BCUT2D eigenvalue weighted by molar-refractivity contribution is -0.279. The summed E-state index contributed by atoms with van der Waals surface area (Å²) in [6.45, 7) is 3.73. The number of nitrogens with zero attached hydrogens (tertiary/aromatic N) is 3. The first kappa shape index (κ1) is 29.9. The Labute approximate surface area is 239 Å². The van der Waals surface area contributed by atoms with Crippen LogP contribution in [0.25, 0.3) is 11.8 Å². The summed E-state index contributed by atoms with van der Waals surface area (Å²) in [4.78, 5) is 36.6. The van der Waals surface area contributed by atoms with Crippen LogP contribution in [0, 0.1) is 6.92 Å². The van der Waals surface area contributed by atoms with Crippen molar-refractivity contribution in [3.8, 4) is 5.69 Å². The van der Waals surface area contributed by atoms with E-state index in [1.165, 1.54) is 46.1 Å². The molecule has 1 aromatic heterocycles. The molecule has 2 heterocycles. The second kappa shape index (κ2) is 13.5. The summed E-state index contributed by atoms with van der Waals surface area (Å²) in [5.74, 6) is -0.424. The number of carbonyl (C=O) groups is 1. The van der Waals surface area contributed by atoms with Gasteiger partial charge in [-0.1, -0.05) is 18.2 Å². The van der Waals surface area contributed by atoms with Crippen LogP contribution < -0.4 is 10.6 Å². The summed E-state index contributed by atoms with van der Waals surface area (Å²) in [5, 5.41) is 8.49. The van der Waals surface area contributed by atoms with Gasteiger partial charge in [0.15, 0.2) is 22.2 Å². The summed E-state index contributed by atoms with van der Waals surface area (Å²) < 4.78 is 42.2. The number of rotatable bonds is 11. The fourth-order valence-corrected chi connectivity index (χ4v) is 4.55. The fourth-order valence-electron chi connectivity index (χ4n) is 3.81. The fraction of sp³-hybridized carbons (Fsp3) is 0.148. The van der Waals surface area contributed by atoms with Crippen molar-refractivity contribution in [1.29, 1.82) is 0 Å². The van der Waals surface area contributed by atoms with Gasteiger partial charge in [-0.2, -0.15) is 10.1 Å². The predicted molar refractivity (Wildman–Crippen MR) is 154 cm³/mol. The third-order valence-electron chi connectivity index (χ3n) is 5.80. The zero-order valence-corrected chi connectivity index (χ0v) is 23.6. The third-order valence-corrected chi connectivity index (χ3v) is 7.15. The monoisotopic (exact) mass is 598 g/mol. The van der Waals surface area contributed by atoms with E-state index in [4.69, 9.17) is 9.78 Å². The minimum Gasteiger partial charge on any atom is -0.302 e. The van der Waals surface area contributed by atoms with Crippen molar-refractivity contribution in [2.45, 2.75) is 23.6 Å². The van der Waals surface area contributed by atoms with Crippen LogP contribution in [0.5, 0.6) is 0 Å². The lowest BCUT2D eigenvalue weighted by atomic mass is 10.1. The Morgan fingerprint density at radius 1 is 0.902 bits per heavy atom. The number of hydrogen-bond donors (Lipinski definition) is 3. The first-order chi connectivity index (χ1) is 19.7. The Morgan fingerprint density at radius 3 is 2.10 bits per heavy atom. The second-order valence-electron chi connectivity index (χ2n) is 8.43. The number of aromatic amines is 1. The zero-order chi connectivity index (χ0) is 29.5. The highest BCUT2D eigenvalue weighted by molar-refractivity contribution is 7.79. The maximum Gasteiger partial charge on any atom is 0.280 e. The first-order valence-electron chi connectivity index (χ1n) is 12.2. The van der Waals surface area contributed by atoms with Crippen molar-refractivity contribution in [2.24, 2.45) is 5.10 Å². The Bertz CT molecular complexity index is 1650. The van der Waals surface area contributed by atoms with E-state index < -0.39 is 28.1 Å². The number of hydrogen-bond acceptors (Lipinski definition) is 7. The van der Waals surface area contributed by atoms with Gasteiger partial charge in [0.25, 0.3) is 11.5 Å². The van der Waals surface area contributed by atoms with Gasteiger partial charge in [0.2, 0.25) is 0 Å². The van der Waals surface area contributed by atoms with Crippen LogP contribution in [0.2, 0.25) is 0 Å². The molecule has 0 saturated carbocycles. The van der Waals surface area contributed by atoms with Gasteiger partial charge in [0.05, 0.1) is 38.9 Å². The van der Waals surface area contributed by atoms with Crippen LogP contribution in [0.15, 0.2) is 98.1 Å². The molecule has 1 aliphatic heterocycles. The molecule has 41 heavy (non-hydrogen) atoms. The molecule has 2 atom stereocenters. The summed E-state index contributed by atoms with van der Waals surface area (Å²) in [7, 11) is 0. The lowest BCUT2D eigenvalue weighted by Crippen LogP contribution is -2.21. The summed E-state index contributed by atoms with van der Waals surface area (Å²) in [6, 6.07) is 12.0. The zero-order valence-electron chi connectivity index (χ0n) is 21.9. The molecule has 0 saturated heterocycles. The maximum atomic E-state index is 13.1. The quantitative estimate of drug-likeness (QED) is 0.0754. The van der Waals surface area contributed by atoms with E-state index >= 15 is 0 Å². The molecule has 214 valence electrons. The molecular formula is C27H26N4O8S2. The van der Waals surface area contributed by atoms with Crippen molar-refractivity contribution >= 4 is 45.5 Å². The Morgan fingerprint density at radius 2 is 1.51 bits per heavy atom. The highest BCUT2D eigenvalue weighted by Gasteiger charge is 2.31.